The van der Waals surface area contributed by atoms with Crippen molar-refractivity contribution < 1.29 is 23.4 Å². The van der Waals surface area contributed by atoms with Crippen LogP contribution in [0.5, 0.6) is 11.5 Å². The molecule has 3 nitrogen and oxygen atoms in total. The summed E-state index contributed by atoms with van der Waals surface area (Å²) in [6, 6.07) is 7.31. The van der Waals surface area contributed by atoms with Crippen molar-refractivity contribution in [2.75, 3.05) is 7.11 Å². The molecule has 0 heterocycles. The van der Waals surface area contributed by atoms with Crippen LogP contribution < -0.4 is 9.47 Å². The van der Waals surface area contributed by atoms with Crippen molar-refractivity contribution in [1.82, 2.24) is 0 Å². The van der Waals surface area contributed by atoms with Gasteiger partial charge in [0.15, 0.2) is 11.5 Å². The second-order valence-corrected chi connectivity index (χ2v) is 5.11. The van der Waals surface area contributed by atoms with Gasteiger partial charge in [-0.2, -0.15) is 0 Å². The van der Waals surface area contributed by atoms with Crippen molar-refractivity contribution in [3.05, 3.63) is 57.6 Å². The Morgan fingerprint density at radius 1 is 1.14 bits per heavy atom. The van der Waals surface area contributed by atoms with Gasteiger partial charge in [-0.3, -0.25) is 0 Å². The van der Waals surface area contributed by atoms with Gasteiger partial charge in [0.05, 0.1) is 23.8 Å². The number of aliphatic hydroxyl groups is 1. The molecule has 1 N–H and O–H groups in total. The van der Waals surface area contributed by atoms with Gasteiger partial charge < -0.3 is 14.6 Å². The second-order valence-electron chi connectivity index (χ2n) is 4.25. The van der Waals surface area contributed by atoms with Crippen molar-refractivity contribution in [2.24, 2.45) is 0 Å². The van der Waals surface area contributed by atoms with Crippen LogP contribution in [0.4, 0.5) is 8.78 Å². The van der Waals surface area contributed by atoms with Crippen LogP contribution in [0, 0.1) is 11.6 Å². The largest absolute Gasteiger partial charge is 0.493 e. The molecule has 21 heavy (non-hydrogen) atoms. The maximum absolute atomic E-state index is 13.9. The Labute approximate surface area is 129 Å². The summed E-state index contributed by atoms with van der Waals surface area (Å²) in [5, 5.41) is 9.11. The monoisotopic (exact) mass is 358 g/mol. The van der Waals surface area contributed by atoms with Gasteiger partial charge in [-0.05, 0) is 45.8 Å². The first-order valence-electron chi connectivity index (χ1n) is 6.09. The average Bonchev–Trinajstić information content (AvgIpc) is 2.50. The Bertz CT molecular complexity index is 647. The molecule has 0 atom stereocenters. The molecule has 0 spiro atoms. The molecule has 2 rings (SSSR count). The third-order valence-electron chi connectivity index (χ3n) is 2.92. The van der Waals surface area contributed by atoms with Gasteiger partial charge in [0.25, 0.3) is 0 Å². The van der Waals surface area contributed by atoms with Gasteiger partial charge in [-0.1, -0.05) is 6.07 Å². The fourth-order valence-electron chi connectivity index (χ4n) is 1.78. The van der Waals surface area contributed by atoms with Gasteiger partial charge >= 0.3 is 0 Å². The molecule has 0 aliphatic heterocycles. The molecule has 112 valence electrons. The van der Waals surface area contributed by atoms with Crippen LogP contribution in [0.3, 0.4) is 0 Å². The van der Waals surface area contributed by atoms with Gasteiger partial charge in [0.1, 0.15) is 18.2 Å². The van der Waals surface area contributed by atoms with Crippen LogP contribution in [0.25, 0.3) is 0 Å². The standard InChI is InChI=1S/C15H13BrF2O3/c1-20-13-5-2-9(7-19)6-14(13)21-8-10-12(17)4-3-11(16)15(10)18/h2-6,19H,7-8H2,1H3. The molecule has 0 fully saturated rings. The minimum absolute atomic E-state index is 0.165. The summed E-state index contributed by atoms with van der Waals surface area (Å²) in [5.74, 6) is -0.661. The van der Waals surface area contributed by atoms with Crippen LogP contribution in [0.2, 0.25) is 0 Å². The summed E-state index contributed by atoms with van der Waals surface area (Å²) in [6.45, 7) is -0.456. The highest BCUT2D eigenvalue weighted by Gasteiger charge is 2.14. The first-order chi connectivity index (χ1) is 10.1. The van der Waals surface area contributed by atoms with E-state index in [0.29, 0.717) is 17.1 Å². The molecule has 0 amide bonds. The third kappa shape index (κ3) is 3.51. The van der Waals surface area contributed by atoms with Crippen LogP contribution in [0.1, 0.15) is 11.1 Å². The van der Waals surface area contributed by atoms with E-state index in [-0.39, 0.29) is 23.2 Å². The minimum Gasteiger partial charge on any atom is -0.493 e. The van der Waals surface area contributed by atoms with Crippen molar-refractivity contribution in [3.63, 3.8) is 0 Å². The Balaban J connectivity index is 2.26. The second kappa shape index (κ2) is 6.87. The third-order valence-corrected chi connectivity index (χ3v) is 3.53. The fourth-order valence-corrected chi connectivity index (χ4v) is 2.16. The van der Waals surface area contributed by atoms with Gasteiger partial charge in [0.2, 0.25) is 0 Å². The number of aliphatic hydroxyl groups excluding tert-OH is 1. The number of ether oxygens (including phenoxy) is 2. The Hall–Kier alpha value is -1.66. The quantitative estimate of drug-likeness (QED) is 0.826. The van der Waals surface area contributed by atoms with E-state index in [4.69, 9.17) is 14.6 Å². The van der Waals surface area contributed by atoms with Crippen molar-refractivity contribution >= 4 is 15.9 Å². The van der Waals surface area contributed by atoms with Crippen molar-refractivity contribution in [2.45, 2.75) is 13.2 Å². The summed E-state index contributed by atoms with van der Waals surface area (Å²) in [4.78, 5) is 0. The molecule has 0 radical (unpaired) electrons. The minimum atomic E-state index is -0.702. The average molecular weight is 359 g/mol. The lowest BCUT2D eigenvalue weighted by atomic mass is 10.2. The highest BCUT2D eigenvalue weighted by Crippen LogP contribution is 2.30. The zero-order chi connectivity index (χ0) is 15.4. The van der Waals surface area contributed by atoms with Crippen LogP contribution >= 0.6 is 15.9 Å². The zero-order valence-corrected chi connectivity index (χ0v) is 12.8. The molecule has 2 aromatic carbocycles. The Morgan fingerprint density at radius 2 is 1.90 bits per heavy atom. The van der Waals surface area contributed by atoms with E-state index in [0.717, 1.165) is 6.07 Å². The normalized spacial score (nSPS) is 10.5. The summed E-state index contributed by atoms with van der Waals surface area (Å²) in [6.07, 6.45) is 0. The smallest absolute Gasteiger partial charge is 0.162 e. The van der Waals surface area contributed by atoms with E-state index in [1.54, 1.807) is 18.2 Å². The van der Waals surface area contributed by atoms with E-state index >= 15 is 0 Å². The molecule has 0 saturated carbocycles. The maximum Gasteiger partial charge on any atom is 0.162 e. The first kappa shape index (κ1) is 15.7. The van der Waals surface area contributed by atoms with E-state index in [1.165, 1.54) is 13.2 Å². The molecule has 0 saturated heterocycles. The molecule has 0 aromatic heterocycles. The molecule has 0 aliphatic rings. The summed E-state index contributed by atoms with van der Waals surface area (Å²) < 4.78 is 38.2. The first-order valence-corrected chi connectivity index (χ1v) is 6.89. The Kier molecular flexibility index (Phi) is 5.14. The van der Waals surface area contributed by atoms with Crippen LogP contribution in [0.15, 0.2) is 34.8 Å². The lowest BCUT2D eigenvalue weighted by Crippen LogP contribution is -2.04. The molecule has 0 unspecified atom stereocenters. The molecule has 6 heteroatoms. The molecule has 0 bridgehead atoms. The summed E-state index contributed by atoms with van der Waals surface area (Å²) in [7, 11) is 1.46. The maximum atomic E-state index is 13.9. The molecular weight excluding hydrogens is 346 g/mol. The number of hydrogen-bond donors (Lipinski definition) is 1. The topological polar surface area (TPSA) is 38.7 Å². The van der Waals surface area contributed by atoms with E-state index < -0.39 is 11.6 Å². The highest BCUT2D eigenvalue weighted by atomic mass is 79.9. The van der Waals surface area contributed by atoms with E-state index in [2.05, 4.69) is 15.9 Å². The van der Waals surface area contributed by atoms with Gasteiger partial charge in [0, 0.05) is 0 Å². The summed E-state index contributed by atoms with van der Waals surface area (Å²) >= 11 is 3.00. The molecule has 0 aliphatic carbocycles. The van der Waals surface area contributed by atoms with E-state index in [9.17, 15) is 8.78 Å². The lowest BCUT2D eigenvalue weighted by Gasteiger charge is -2.13. The van der Waals surface area contributed by atoms with Crippen LogP contribution in [-0.2, 0) is 13.2 Å². The van der Waals surface area contributed by atoms with E-state index in [1.807, 2.05) is 0 Å². The number of halogens is 3. The molecular formula is C15H13BrF2O3. The fraction of sp³-hybridized carbons (Fsp3) is 0.200. The van der Waals surface area contributed by atoms with Gasteiger partial charge in [-0.25, -0.2) is 8.78 Å². The van der Waals surface area contributed by atoms with Crippen molar-refractivity contribution in [3.8, 4) is 11.5 Å². The molecule has 2 aromatic rings. The highest BCUT2D eigenvalue weighted by molar-refractivity contribution is 9.10. The number of methoxy groups -OCH3 is 1. The lowest BCUT2D eigenvalue weighted by molar-refractivity contribution is 0.266. The van der Waals surface area contributed by atoms with Crippen molar-refractivity contribution in [1.29, 1.82) is 0 Å². The zero-order valence-electron chi connectivity index (χ0n) is 11.2. The predicted octanol–water partition coefficient (Wildman–Crippen LogP) is 3.81. The summed E-state index contributed by atoms with van der Waals surface area (Å²) in [5.41, 5.74) is 0.432. The number of rotatable bonds is 5. The number of benzene rings is 2. The van der Waals surface area contributed by atoms with Gasteiger partial charge in [-0.15, -0.1) is 0 Å². The predicted molar refractivity (Wildman–Crippen MR) is 77.3 cm³/mol. The Morgan fingerprint density at radius 3 is 2.57 bits per heavy atom. The number of hydrogen-bond acceptors (Lipinski definition) is 3. The SMILES string of the molecule is COc1ccc(CO)cc1OCc1c(F)ccc(Br)c1F. The van der Waals surface area contributed by atoms with Crippen LogP contribution in [-0.4, -0.2) is 12.2 Å².